The van der Waals surface area contributed by atoms with Crippen LogP contribution in [-0.2, 0) is 10.0 Å². The fraction of sp³-hybridized carbons (Fsp3) is 0.429. The summed E-state index contributed by atoms with van der Waals surface area (Å²) in [6.07, 6.45) is 6.59. The first-order valence-corrected chi connectivity index (χ1v) is 9.25. The van der Waals surface area contributed by atoms with Crippen molar-refractivity contribution in [3.63, 3.8) is 0 Å². The minimum absolute atomic E-state index is 0.256. The number of aryl methyl sites for hydroxylation is 2. The van der Waals surface area contributed by atoms with Crippen LogP contribution in [0.5, 0.6) is 0 Å². The Morgan fingerprint density at radius 2 is 1.48 bits per heavy atom. The third kappa shape index (κ3) is 6.67. The number of aromatic nitrogens is 4. The zero-order chi connectivity index (χ0) is 17.6. The van der Waals surface area contributed by atoms with E-state index < -0.39 is 15.3 Å². The Balaban J connectivity index is 0.000000277. The topological polar surface area (TPSA) is 112 Å². The molecule has 9 heteroatoms. The van der Waals surface area contributed by atoms with E-state index in [2.05, 4.69) is 35.9 Å². The maximum absolute atomic E-state index is 11.1. The predicted molar refractivity (Wildman–Crippen MR) is 92.2 cm³/mol. The summed E-state index contributed by atoms with van der Waals surface area (Å²) < 4.78 is 23.1. The molecule has 23 heavy (non-hydrogen) atoms. The van der Waals surface area contributed by atoms with E-state index in [1.165, 1.54) is 0 Å². The highest BCUT2D eigenvalue weighted by molar-refractivity contribution is 9.10. The van der Waals surface area contributed by atoms with Crippen molar-refractivity contribution in [2.24, 2.45) is 5.14 Å². The third-order valence-electron chi connectivity index (χ3n) is 3.24. The molecule has 0 unspecified atom stereocenters. The molecular formula is C14H20BrN5O2S. The standard InChI is InChI=1S/C9H15N3O2S.C5H5BrN2/c1-6-4-12-9(5-11-6)7(2)8(3)15(10,13)14;1-4-2-8-5(6)3-7-4/h4-5,7-8H,1-3H3,(H2,10,13,14);2-3H,1H3/t7-,8-;/m1./s1. The molecule has 0 amide bonds. The first kappa shape index (κ1) is 19.6. The van der Waals surface area contributed by atoms with Crippen LogP contribution in [0.3, 0.4) is 0 Å². The molecule has 0 spiro atoms. The van der Waals surface area contributed by atoms with Crippen LogP contribution in [0, 0.1) is 13.8 Å². The molecule has 2 aromatic heterocycles. The number of hydrogen-bond acceptors (Lipinski definition) is 6. The van der Waals surface area contributed by atoms with Gasteiger partial charge in [0, 0.05) is 24.5 Å². The molecule has 0 aliphatic carbocycles. The van der Waals surface area contributed by atoms with Crippen LogP contribution in [0.4, 0.5) is 0 Å². The lowest BCUT2D eigenvalue weighted by Crippen LogP contribution is -2.30. The first-order valence-electron chi connectivity index (χ1n) is 6.85. The van der Waals surface area contributed by atoms with E-state index in [0.29, 0.717) is 5.69 Å². The van der Waals surface area contributed by atoms with E-state index in [9.17, 15) is 8.42 Å². The summed E-state index contributed by atoms with van der Waals surface area (Å²) in [6, 6.07) is 0. The largest absolute Gasteiger partial charge is 0.258 e. The molecular weight excluding hydrogens is 382 g/mol. The third-order valence-corrected chi connectivity index (χ3v) is 5.09. The zero-order valence-corrected chi connectivity index (χ0v) is 15.8. The van der Waals surface area contributed by atoms with Gasteiger partial charge >= 0.3 is 0 Å². The molecule has 0 aromatic carbocycles. The van der Waals surface area contributed by atoms with Crippen molar-refractivity contribution in [3.05, 3.63) is 46.5 Å². The fourth-order valence-corrected chi connectivity index (χ4v) is 2.45. The van der Waals surface area contributed by atoms with E-state index in [4.69, 9.17) is 5.14 Å². The molecule has 0 aliphatic heterocycles. The van der Waals surface area contributed by atoms with Gasteiger partial charge in [0.15, 0.2) is 0 Å². The van der Waals surface area contributed by atoms with Gasteiger partial charge in [-0.15, -0.1) is 0 Å². The van der Waals surface area contributed by atoms with Crippen LogP contribution >= 0.6 is 15.9 Å². The van der Waals surface area contributed by atoms with Gasteiger partial charge in [0.25, 0.3) is 0 Å². The number of rotatable bonds is 3. The molecule has 2 atom stereocenters. The van der Waals surface area contributed by atoms with E-state index in [-0.39, 0.29) is 5.92 Å². The van der Waals surface area contributed by atoms with Crippen LogP contribution in [0.25, 0.3) is 0 Å². The van der Waals surface area contributed by atoms with Gasteiger partial charge in [0.2, 0.25) is 10.0 Å². The van der Waals surface area contributed by atoms with Crippen molar-refractivity contribution in [1.29, 1.82) is 0 Å². The second kappa shape index (κ2) is 8.42. The molecule has 2 rings (SSSR count). The van der Waals surface area contributed by atoms with Gasteiger partial charge in [-0.25, -0.2) is 18.5 Å². The quantitative estimate of drug-likeness (QED) is 0.842. The summed E-state index contributed by atoms with van der Waals surface area (Å²) in [5.74, 6) is -0.256. The Morgan fingerprint density at radius 3 is 1.83 bits per heavy atom. The summed E-state index contributed by atoms with van der Waals surface area (Å²) >= 11 is 3.17. The molecule has 0 aliphatic rings. The van der Waals surface area contributed by atoms with Crippen LogP contribution < -0.4 is 5.14 Å². The highest BCUT2D eigenvalue weighted by Gasteiger charge is 2.25. The lowest BCUT2D eigenvalue weighted by atomic mass is 10.1. The maximum atomic E-state index is 11.1. The molecule has 0 bridgehead atoms. The summed E-state index contributed by atoms with van der Waals surface area (Å²) in [6.45, 7) is 7.07. The van der Waals surface area contributed by atoms with Crippen molar-refractivity contribution in [2.75, 3.05) is 0 Å². The number of halogens is 1. The summed E-state index contributed by atoms with van der Waals surface area (Å²) in [7, 11) is -3.53. The molecule has 0 saturated heterocycles. The van der Waals surface area contributed by atoms with Crippen LogP contribution in [0.15, 0.2) is 29.4 Å². The second-order valence-electron chi connectivity index (χ2n) is 5.15. The lowest BCUT2D eigenvalue weighted by Gasteiger charge is -2.16. The summed E-state index contributed by atoms with van der Waals surface area (Å²) in [5, 5.41) is 4.41. The van der Waals surface area contributed by atoms with Gasteiger partial charge < -0.3 is 0 Å². The Morgan fingerprint density at radius 1 is 0.957 bits per heavy atom. The first-order chi connectivity index (χ1) is 10.6. The van der Waals surface area contributed by atoms with Crippen LogP contribution in [-0.4, -0.2) is 33.6 Å². The average molecular weight is 402 g/mol. The minimum atomic E-state index is -3.53. The van der Waals surface area contributed by atoms with Crippen molar-refractivity contribution in [2.45, 2.75) is 38.9 Å². The van der Waals surface area contributed by atoms with Crippen molar-refractivity contribution >= 4 is 26.0 Å². The van der Waals surface area contributed by atoms with Crippen molar-refractivity contribution < 1.29 is 8.42 Å². The normalized spacial score (nSPS) is 13.7. The van der Waals surface area contributed by atoms with Crippen LogP contribution in [0.2, 0.25) is 0 Å². The van der Waals surface area contributed by atoms with E-state index in [1.807, 2.05) is 13.8 Å². The van der Waals surface area contributed by atoms with E-state index in [0.717, 1.165) is 16.0 Å². The minimum Gasteiger partial charge on any atom is -0.258 e. The zero-order valence-electron chi connectivity index (χ0n) is 13.4. The summed E-state index contributed by atoms with van der Waals surface area (Å²) in [4.78, 5) is 16.1. The maximum Gasteiger partial charge on any atom is 0.212 e. The Labute approximate surface area is 145 Å². The molecule has 7 nitrogen and oxygen atoms in total. The van der Waals surface area contributed by atoms with E-state index in [1.54, 1.807) is 38.6 Å². The lowest BCUT2D eigenvalue weighted by molar-refractivity contribution is 0.568. The SMILES string of the molecule is Cc1cnc(Br)cn1.Cc1cnc([C@H](C)[C@@H](C)S(N)(=O)=O)cn1. The number of nitrogens with zero attached hydrogens (tertiary/aromatic N) is 4. The molecule has 2 N–H and O–H groups in total. The number of nitrogens with two attached hydrogens (primary N) is 1. The monoisotopic (exact) mass is 401 g/mol. The Bertz CT molecular complexity index is 699. The highest BCUT2D eigenvalue weighted by atomic mass is 79.9. The second-order valence-corrected chi connectivity index (χ2v) is 7.88. The van der Waals surface area contributed by atoms with Gasteiger partial charge in [-0.05, 0) is 36.7 Å². The molecule has 0 fully saturated rings. The molecule has 126 valence electrons. The Kier molecular flexibility index (Phi) is 7.17. The molecule has 2 heterocycles. The van der Waals surface area contributed by atoms with Gasteiger partial charge in [0.05, 0.1) is 28.5 Å². The van der Waals surface area contributed by atoms with Crippen molar-refractivity contribution in [1.82, 2.24) is 19.9 Å². The summed E-state index contributed by atoms with van der Waals surface area (Å²) in [5.41, 5.74) is 2.38. The fourth-order valence-electron chi connectivity index (χ4n) is 1.54. The van der Waals surface area contributed by atoms with Gasteiger partial charge in [0.1, 0.15) is 4.60 Å². The molecule has 2 aromatic rings. The molecule has 0 saturated carbocycles. The average Bonchev–Trinajstić information content (AvgIpc) is 2.49. The molecule has 0 radical (unpaired) electrons. The van der Waals surface area contributed by atoms with Gasteiger partial charge in [-0.1, -0.05) is 6.92 Å². The predicted octanol–water partition coefficient (Wildman–Crippen LogP) is 2.11. The number of primary sulfonamides is 1. The van der Waals surface area contributed by atoms with Crippen molar-refractivity contribution in [3.8, 4) is 0 Å². The van der Waals surface area contributed by atoms with Crippen LogP contribution in [0.1, 0.15) is 36.8 Å². The van der Waals surface area contributed by atoms with E-state index >= 15 is 0 Å². The highest BCUT2D eigenvalue weighted by Crippen LogP contribution is 2.20. The smallest absolute Gasteiger partial charge is 0.212 e. The number of sulfonamides is 1. The van der Waals surface area contributed by atoms with Gasteiger partial charge in [-0.3, -0.25) is 15.0 Å². The van der Waals surface area contributed by atoms with Gasteiger partial charge in [-0.2, -0.15) is 0 Å². The number of hydrogen-bond donors (Lipinski definition) is 1. The Hall–Kier alpha value is -1.45.